The second kappa shape index (κ2) is 9.56. The monoisotopic (exact) mass is 342 g/mol. The number of benzene rings is 2. The molecule has 2 rings (SSSR count). The molecule has 0 aromatic heterocycles. The first-order valence-corrected chi connectivity index (χ1v) is 7.90. The maximum atomic E-state index is 12.3. The molecule has 6 heteroatoms. The van der Waals surface area contributed by atoms with Crippen LogP contribution in [-0.4, -0.2) is 38.9 Å². The number of methoxy groups -OCH3 is 2. The first-order chi connectivity index (χ1) is 12.2. The molecule has 0 aliphatic carbocycles. The van der Waals surface area contributed by atoms with Crippen molar-refractivity contribution in [1.29, 1.82) is 0 Å². The molecule has 0 spiro atoms. The third-order valence-corrected chi connectivity index (χ3v) is 3.70. The number of rotatable bonds is 7. The van der Waals surface area contributed by atoms with Gasteiger partial charge in [0.2, 0.25) is 0 Å². The average Bonchev–Trinajstić information content (AvgIpc) is 2.67. The van der Waals surface area contributed by atoms with Gasteiger partial charge in [0.1, 0.15) is 0 Å². The summed E-state index contributed by atoms with van der Waals surface area (Å²) in [7, 11) is 2.92. The number of amides is 2. The molecule has 0 unspecified atom stereocenters. The molecule has 0 aliphatic rings. The molecule has 2 N–H and O–H groups in total. The summed E-state index contributed by atoms with van der Waals surface area (Å²) in [6, 6.07) is 18.6. The SMILES string of the molecule is COC(CNC(=O)C(=O)NC(c1ccccc1)c1ccccc1)OC. The van der Waals surface area contributed by atoms with Crippen LogP contribution in [0.2, 0.25) is 0 Å². The third-order valence-electron chi connectivity index (χ3n) is 3.70. The van der Waals surface area contributed by atoms with E-state index in [9.17, 15) is 9.59 Å². The minimum Gasteiger partial charge on any atom is -0.354 e. The molecule has 6 nitrogen and oxygen atoms in total. The number of ether oxygens (including phenoxy) is 2. The summed E-state index contributed by atoms with van der Waals surface area (Å²) in [5.41, 5.74) is 1.78. The lowest BCUT2D eigenvalue weighted by molar-refractivity contribution is -0.142. The lowest BCUT2D eigenvalue weighted by Crippen LogP contribution is -2.44. The summed E-state index contributed by atoms with van der Waals surface area (Å²) >= 11 is 0. The third kappa shape index (κ3) is 5.41. The van der Waals surface area contributed by atoms with E-state index in [-0.39, 0.29) is 6.54 Å². The van der Waals surface area contributed by atoms with Crippen LogP contribution in [0.15, 0.2) is 60.7 Å². The fourth-order valence-electron chi connectivity index (χ4n) is 2.37. The van der Waals surface area contributed by atoms with Gasteiger partial charge in [0.25, 0.3) is 0 Å². The molecule has 25 heavy (non-hydrogen) atoms. The largest absolute Gasteiger partial charge is 0.354 e. The highest BCUT2D eigenvalue weighted by atomic mass is 16.7. The molecular formula is C19H22N2O4. The van der Waals surface area contributed by atoms with Crippen LogP contribution < -0.4 is 10.6 Å². The van der Waals surface area contributed by atoms with Crippen molar-refractivity contribution in [3.63, 3.8) is 0 Å². The first kappa shape index (κ1) is 18.6. The number of hydrogen-bond donors (Lipinski definition) is 2. The Balaban J connectivity index is 2.09. The maximum absolute atomic E-state index is 12.3. The van der Waals surface area contributed by atoms with Crippen LogP contribution in [0.3, 0.4) is 0 Å². The summed E-state index contributed by atoms with van der Waals surface area (Å²) in [5, 5.41) is 5.27. The summed E-state index contributed by atoms with van der Waals surface area (Å²) in [5.74, 6) is -1.46. The highest BCUT2D eigenvalue weighted by Gasteiger charge is 2.21. The van der Waals surface area contributed by atoms with Gasteiger partial charge in [0.15, 0.2) is 6.29 Å². The fourth-order valence-corrected chi connectivity index (χ4v) is 2.37. The van der Waals surface area contributed by atoms with Crippen molar-refractivity contribution in [1.82, 2.24) is 10.6 Å². The number of carbonyl (C=O) groups is 2. The number of nitrogens with one attached hydrogen (secondary N) is 2. The van der Waals surface area contributed by atoms with Crippen LogP contribution in [0.4, 0.5) is 0 Å². The molecule has 0 radical (unpaired) electrons. The van der Waals surface area contributed by atoms with E-state index >= 15 is 0 Å². The van der Waals surface area contributed by atoms with Crippen molar-refractivity contribution in [3.05, 3.63) is 71.8 Å². The minimum absolute atomic E-state index is 0.0839. The Morgan fingerprint density at radius 2 is 1.32 bits per heavy atom. The predicted octanol–water partition coefficient (Wildman–Crippen LogP) is 1.63. The van der Waals surface area contributed by atoms with Gasteiger partial charge >= 0.3 is 11.8 Å². The topological polar surface area (TPSA) is 76.7 Å². The molecule has 2 aromatic rings. The van der Waals surface area contributed by atoms with Crippen LogP contribution in [0.25, 0.3) is 0 Å². The molecule has 0 saturated heterocycles. The lowest BCUT2D eigenvalue weighted by atomic mass is 9.99. The Labute approximate surface area is 147 Å². The van der Waals surface area contributed by atoms with Crippen molar-refractivity contribution < 1.29 is 19.1 Å². The van der Waals surface area contributed by atoms with Crippen molar-refractivity contribution >= 4 is 11.8 Å². The van der Waals surface area contributed by atoms with Crippen LogP contribution in [0.5, 0.6) is 0 Å². The second-order valence-electron chi connectivity index (χ2n) is 5.34. The number of hydrogen-bond acceptors (Lipinski definition) is 4. The van der Waals surface area contributed by atoms with Gasteiger partial charge < -0.3 is 20.1 Å². The van der Waals surface area contributed by atoms with Crippen molar-refractivity contribution in [3.8, 4) is 0 Å². The Bertz CT molecular complexity index is 633. The standard InChI is InChI=1S/C19H22N2O4/c1-24-16(25-2)13-20-18(22)19(23)21-17(14-9-5-3-6-10-14)15-11-7-4-8-12-15/h3-12,16-17H,13H2,1-2H3,(H,20,22)(H,21,23). The van der Waals surface area contributed by atoms with Crippen LogP contribution in [0, 0.1) is 0 Å². The highest BCUT2D eigenvalue weighted by molar-refractivity contribution is 6.35. The van der Waals surface area contributed by atoms with Crippen LogP contribution >= 0.6 is 0 Å². The molecule has 0 aliphatic heterocycles. The molecule has 0 atom stereocenters. The maximum Gasteiger partial charge on any atom is 0.310 e. The Morgan fingerprint density at radius 3 is 1.76 bits per heavy atom. The van der Waals surface area contributed by atoms with E-state index in [1.54, 1.807) is 0 Å². The van der Waals surface area contributed by atoms with E-state index < -0.39 is 24.1 Å². The predicted molar refractivity (Wildman–Crippen MR) is 93.7 cm³/mol. The van der Waals surface area contributed by atoms with E-state index in [0.717, 1.165) is 11.1 Å². The van der Waals surface area contributed by atoms with Gasteiger partial charge in [0.05, 0.1) is 12.6 Å². The minimum atomic E-state index is -0.740. The summed E-state index contributed by atoms with van der Waals surface area (Å²) in [6.45, 7) is 0.0839. The number of carbonyl (C=O) groups excluding carboxylic acids is 2. The first-order valence-electron chi connectivity index (χ1n) is 7.90. The van der Waals surface area contributed by atoms with Gasteiger partial charge in [-0.15, -0.1) is 0 Å². The van der Waals surface area contributed by atoms with Gasteiger partial charge in [-0.3, -0.25) is 9.59 Å². The molecule has 0 fully saturated rings. The molecule has 0 bridgehead atoms. The highest BCUT2D eigenvalue weighted by Crippen LogP contribution is 2.21. The Morgan fingerprint density at radius 1 is 0.840 bits per heavy atom. The van der Waals surface area contributed by atoms with Crippen LogP contribution in [0.1, 0.15) is 17.2 Å². The molecule has 0 saturated carbocycles. The zero-order chi connectivity index (χ0) is 18.1. The van der Waals surface area contributed by atoms with Gasteiger partial charge in [-0.2, -0.15) is 0 Å². The van der Waals surface area contributed by atoms with Gasteiger partial charge in [-0.25, -0.2) is 0 Å². The zero-order valence-electron chi connectivity index (χ0n) is 14.3. The molecule has 2 aromatic carbocycles. The fraction of sp³-hybridized carbons (Fsp3) is 0.263. The van der Waals surface area contributed by atoms with E-state index in [1.807, 2.05) is 60.7 Å². The van der Waals surface area contributed by atoms with Gasteiger partial charge in [-0.05, 0) is 11.1 Å². The van der Waals surface area contributed by atoms with E-state index in [2.05, 4.69) is 10.6 Å². The molecule has 0 heterocycles. The smallest absolute Gasteiger partial charge is 0.310 e. The molecule has 132 valence electrons. The van der Waals surface area contributed by atoms with E-state index in [4.69, 9.17) is 9.47 Å². The lowest BCUT2D eigenvalue weighted by Gasteiger charge is -2.20. The Kier molecular flexibility index (Phi) is 7.13. The van der Waals surface area contributed by atoms with E-state index in [1.165, 1.54) is 14.2 Å². The van der Waals surface area contributed by atoms with Gasteiger partial charge in [-0.1, -0.05) is 60.7 Å². The quantitative estimate of drug-likeness (QED) is 0.592. The summed E-state index contributed by atoms with van der Waals surface area (Å²) in [6.07, 6.45) is -0.601. The molecule has 2 amide bonds. The average molecular weight is 342 g/mol. The zero-order valence-corrected chi connectivity index (χ0v) is 14.3. The summed E-state index contributed by atoms with van der Waals surface area (Å²) < 4.78 is 9.96. The van der Waals surface area contributed by atoms with Gasteiger partial charge in [0, 0.05) is 14.2 Å². The van der Waals surface area contributed by atoms with Crippen molar-refractivity contribution in [2.75, 3.05) is 20.8 Å². The van der Waals surface area contributed by atoms with Crippen molar-refractivity contribution in [2.24, 2.45) is 0 Å². The van der Waals surface area contributed by atoms with E-state index in [0.29, 0.717) is 0 Å². The van der Waals surface area contributed by atoms with Crippen molar-refractivity contribution in [2.45, 2.75) is 12.3 Å². The van der Waals surface area contributed by atoms with Crippen LogP contribution in [-0.2, 0) is 19.1 Å². The Hall–Kier alpha value is -2.70. The second-order valence-corrected chi connectivity index (χ2v) is 5.34. The summed E-state index contributed by atoms with van der Waals surface area (Å²) in [4.78, 5) is 24.3. The molecular weight excluding hydrogens is 320 g/mol. The normalized spacial score (nSPS) is 10.7.